The summed E-state index contributed by atoms with van der Waals surface area (Å²) < 4.78 is 15.7. The Morgan fingerprint density at radius 1 is 1.17 bits per heavy atom. The van der Waals surface area contributed by atoms with Gasteiger partial charge < -0.3 is 19.3 Å². The molecule has 5 nitrogen and oxygen atoms in total. The van der Waals surface area contributed by atoms with Crippen LogP contribution in [0.3, 0.4) is 0 Å². The van der Waals surface area contributed by atoms with E-state index in [1.807, 2.05) is 12.1 Å². The number of ether oxygens (including phenoxy) is 3. The highest BCUT2D eigenvalue weighted by Crippen LogP contribution is 2.46. The lowest BCUT2D eigenvalue weighted by atomic mass is 9.75. The molecule has 1 N–H and O–H groups in total. The van der Waals surface area contributed by atoms with Crippen molar-refractivity contribution >= 4 is 5.97 Å². The van der Waals surface area contributed by atoms with Gasteiger partial charge in [0.25, 0.3) is 0 Å². The number of benzene rings is 1. The zero-order valence-electron chi connectivity index (χ0n) is 9.59. The molecule has 0 saturated carbocycles. The van der Waals surface area contributed by atoms with Crippen LogP contribution in [0, 0.1) is 11.8 Å². The second kappa shape index (κ2) is 3.38. The van der Waals surface area contributed by atoms with Crippen molar-refractivity contribution in [3.05, 3.63) is 23.3 Å². The minimum Gasteiger partial charge on any atom is -0.465 e. The van der Waals surface area contributed by atoms with E-state index in [1.54, 1.807) is 0 Å². The van der Waals surface area contributed by atoms with Crippen molar-refractivity contribution in [3.8, 4) is 11.5 Å². The van der Waals surface area contributed by atoms with Gasteiger partial charge in [-0.15, -0.1) is 0 Å². The van der Waals surface area contributed by atoms with Gasteiger partial charge in [-0.25, -0.2) is 0 Å². The summed E-state index contributed by atoms with van der Waals surface area (Å²) in [6.45, 7) is 0.516. The topological polar surface area (TPSA) is 65.0 Å². The highest BCUT2D eigenvalue weighted by Gasteiger charge is 2.46. The van der Waals surface area contributed by atoms with Gasteiger partial charge in [-0.1, -0.05) is 0 Å². The van der Waals surface area contributed by atoms with E-state index in [9.17, 15) is 9.90 Å². The lowest BCUT2D eigenvalue weighted by molar-refractivity contribution is -0.141. The average molecular weight is 248 g/mol. The van der Waals surface area contributed by atoms with Crippen LogP contribution in [-0.4, -0.2) is 24.5 Å². The van der Waals surface area contributed by atoms with Gasteiger partial charge in [-0.2, -0.15) is 0 Å². The molecule has 3 atom stereocenters. The molecule has 0 aromatic heterocycles. The number of rotatable bonds is 0. The zero-order valence-corrected chi connectivity index (χ0v) is 9.59. The van der Waals surface area contributed by atoms with Crippen LogP contribution in [0.25, 0.3) is 0 Å². The first kappa shape index (κ1) is 10.2. The maximum Gasteiger partial charge on any atom is 0.309 e. The van der Waals surface area contributed by atoms with Crippen molar-refractivity contribution in [1.29, 1.82) is 0 Å². The standard InChI is InChI=1S/C13H12O5/c14-12-7-3-11-10(17-5-18-11)2-6(7)1-8-9(12)4-16-13(8)15/h2-3,8-9,12,14H,1,4-5H2. The van der Waals surface area contributed by atoms with Crippen LogP contribution in [0.4, 0.5) is 0 Å². The third-order valence-electron chi connectivity index (χ3n) is 4.04. The number of aliphatic hydroxyl groups excluding tert-OH is 1. The van der Waals surface area contributed by atoms with Crippen LogP contribution in [0.2, 0.25) is 0 Å². The van der Waals surface area contributed by atoms with Gasteiger partial charge in [0.1, 0.15) is 0 Å². The normalized spacial score (nSPS) is 31.8. The van der Waals surface area contributed by atoms with Crippen molar-refractivity contribution < 1.29 is 24.1 Å². The smallest absolute Gasteiger partial charge is 0.309 e. The highest BCUT2D eigenvalue weighted by molar-refractivity contribution is 5.76. The molecule has 0 amide bonds. The molecule has 18 heavy (non-hydrogen) atoms. The van der Waals surface area contributed by atoms with Crippen molar-refractivity contribution in [2.75, 3.05) is 13.4 Å². The first-order chi connectivity index (χ1) is 8.74. The summed E-state index contributed by atoms with van der Waals surface area (Å²) >= 11 is 0. The molecule has 2 heterocycles. The number of fused-ring (bicyclic) bond motifs is 3. The summed E-state index contributed by atoms with van der Waals surface area (Å²) in [6, 6.07) is 3.68. The fraction of sp³-hybridized carbons (Fsp3) is 0.462. The van der Waals surface area contributed by atoms with Gasteiger partial charge in [0, 0.05) is 5.92 Å². The number of carbonyl (C=O) groups is 1. The second-order valence-corrected chi connectivity index (χ2v) is 4.95. The molecule has 0 bridgehead atoms. The molecular formula is C13H12O5. The Balaban J connectivity index is 1.82. The quantitative estimate of drug-likeness (QED) is 0.688. The van der Waals surface area contributed by atoms with Crippen LogP contribution in [0.5, 0.6) is 11.5 Å². The Labute approximate surface area is 103 Å². The van der Waals surface area contributed by atoms with E-state index in [1.165, 1.54) is 0 Å². The Morgan fingerprint density at radius 3 is 2.78 bits per heavy atom. The third-order valence-corrected chi connectivity index (χ3v) is 4.04. The minimum atomic E-state index is -0.667. The van der Waals surface area contributed by atoms with Gasteiger partial charge in [-0.3, -0.25) is 4.79 Å². The lowest BCUT2D eigenvalue weighted by Crippen LogP contribution is -2.30. The van der Waals surface area contributed by atoms with E-state index in [0.717, 1.165) is 11.1 Å². The molecule has 1 saturated heterocycles. The first-order valence-corrected chi connectivity index (χ1v) is 6.01. The van der Waals surface area contributed by atoms with E-state index in [4.69, 9.17) is 14.2 Å². The van der Waals surface area contributed by atoms with Crippen LogP contribution >= 0.6 is 0 Å². The SMILES string of the molecule is O=C1OCC2C1Cc1cc3c(cc1C2O)OCO3. The molecule has 2 aliphatic heterocycles. The molecule has 3 aliphatic rings. The Hall–Kier alpha value is -1.75. The molecule has 1 fully saturated rings. The summed E-state index contributed by atoms with van der Waals surface area (Å²) in [5.41, 5.74) is 1.78. The zero-order chi connectivity index (χ0) is 12.3. The summed E-state index contributed by atoms with van der Waals surface area (Å²) in [6.07, 6.45) is -0.0632. The number of aliphatic hydroxyl groups is 1. The molecule has 4 rings (SSSR count). The Kier molecular flexibility index (Phi) is 1.92. The molecule has 3 unspecified atom stereocenters. The lowest BCUT2D eigenvalue weighted by Gasteiger charge is -2.29. The molecule has 5 heteroatoms. The summed E-state index contributed by atoms with van der Waals surface area (Å²) in [5, 5.41) is 10.4. The second-order valence-electron chi connectivity index (χ2n) is 4.95. The third kappa shape index (κ3) is 1.22. The molecule has 1 aliphatic carbocycles. The highest BCUT2D eigenvalue weighted by atomic mass is 16.7. The van der Waals surface area contributed by atoms with Crippen molar-refractivity contribution in [1.82, 2.24) is 0 Å². The van der Waals surface area contributed by atoms with E-state index in [-0.39, 0.29) is 24.6 Å². The van der Waals surface area contributed by atoms with Crippen LogP contribution < -0.4 is 9.47 Å². The van der Waals surface area contributed by atoms with Gasteiger partial charge in [0.15, 0.2) is 11.5 Å². The van der Waals surface area contributed by atoms with E-state index < -0.39 is 6.10 Å². The summed E-state index contributed by atoms with van der Waals surface area (Å²) in [7, 11) is 0. The molecule has 0 radical (unpaired) electrons. The van der Waals surface area contributed by atoms with Gasteiger partial charge in [0.05, 0.1) is 18.6 Å². The fourth-order valence-electron chi connectivity index (χ4n) is 3.04. The Bertz CT molecular complexity index is 538. The number of carbonyl (C=O) groups excluding carboxylic acids is 1. The maximum atomic E-state index is 11.6. The molecule has 1 aromatic rings. The maximum absolute atomic E-state index is 11.6. The van der Waals surface area contributed by atoms with Crippen LogP contribution in [0.15, 0.2) is 12.1 Å². The summed E-state index contributed by atoms with van der Waals surface area (Å²) in [4.78, 5) is 11.6. The fourth-order valence-corrected chi connectivity index (χ4v) is 3.04. The van der Waals surface area contributed by atoms with Gasteiger partial charge in [0.2, 0.25) is 6.79 Å². The number of esters is 1. The Morgan fingerprint density at radius 2 is 1.94 bits per heavy atom. The van der Waals surface area contributed by atoms with Crippen molar-refractivity contribution in [3.63, 3.8) is 0 Å². The van der Waals surface area contributed by atoms with Crippen LogP contribution in [0.1, 0.15) is 17.2 Å². The van der Waals surface area contributed by atoms with Crippen molar-refractivity contribution in [2.45, 2.75) is 12.5 Å². The molecule has 0 spiro atoms. The predicted molar refractivity (Wildman–Crippen MR) is 59.2 cm³/mol. The van der Waals surface area contributed by atoms with E-state index >= 15 is 0 Å². The first-order valence-electron chi connectivity index (χ1n) is 6.01. The van der Waals surface area contributed by atoms with E-state index in [2.05, 4.69) is 0 Å². The largest absolute Gasteiger partial charge is 0.465 e. The summed E-state index contributed by atoms with van der Waals surface area (Å²) in [5.74, 6) is 0.780. The van der Waals surface area contributed by atoms with Gasteiger partial charge >= 0.3 is 5.97 Å². The molecular weight excluding hydrogens is 236 g/mol. The molecule has 1 aromatic carbocycles. The minimum absolute atomic E-state index is 0.134. The van der Waals surface area contributed by atoms with Crippen LogP contribution in [-0.2, 0) is 16.0 Å². The average Bonchev–Trinajstić information content (AvgIpc) is 2.95. The van der Waals surface area contributed by atoms with Gasteiger partial charge in [-0.05, 0) is 29.7 Å². The molecule has 94 valence electrons. The number of cyclic esters (lactones) is 1. The van der Waals surface area contributed by atoms with Crippen molar-refractivity contribution in [2.24, 2.45) is 11.8 Å². The van der Waals surface area contributed by atoms with E-state index in [0.29, 0.717) is 24.5 Å². The number of hydrogen-bond acceptors (Lipinski definition) is 5. The monoisotopic (exact) mass is 248 g/mol. The number of hydrogen-bond donors (Lipinski definition) is 1. The predicted octanol–water partition coefficient (Wildman–Crippen LogP) is 0.794.